The minimum atomic E-state index is -5.40. The summed E-state index contributed by atoms with van der Waals surface area (Å²) in [5.74, 6) is -2.43. The van der Waals surface area contributed by atoms with Crippen molar-refractivity contribution >= 4 is 47.4 Å². The van der Waals surface area contributed by atoms with Gasteiger partial charge in [-0.2, -0.15) is 51.3 Å². The Hall–Kier alpha value is -6.47. The molecule has 10 atom stereocenters. The summed E-state index contributed by atoms with van der Waals surface area (Å²) in [4.78, 5) is 60.4. The van der Waals surface area contributed by atoms with Gasteiger partial charge in [-0.3, -0.25) is 19.2 Å². The number of urea groups is 1. The summed E-state index contributed by atoms with van der Waals surface area (Å²) in [5, 5.41) is 60.0. The van der Waals surface area contributed by atoms with Crippen LogP contribution in [0.25, 0.3) is 17.3 Å². The molecule has 0 spiro atoms. The van der Waals surface area contributed by atoms with Crippen molar-refractivity contribution in [1.29, 1.82) is 0 Å². The Morgan fingerprint density at radius 1 is 0.927 bits per heavy atom. The lowest BCUT2D eigenvalue weighted by atomic mass is 9.89. The summed E-state index contributed by atoms with van der Waals surface area (Å²) in [7, 11) is 0. The van der Waals surface area contributed by atoms with Crippen molar-refractivity contribution in [2.24, 2.45) is 22.1 Å². The van der Waals surface area contributed by atoms with Crippen molar-refractivity contribution in [3.8, 4) is 11.3 Å². The Kier molecular flexibility index (Phi) is 19.5. The number of carbonyl (C=O) groups is 5. The van der Waals surface area contributed by atoms with Crippen LogP contribution in [-0.4, -0.2) is 140 Å². The van der Waals surface area contributed by atoms with E-state index in [1.165, 1.54) is 24.3 Å². The summed E-state index contributed by atoms with van der Waals surface area (Å²) in [6.45, 7) is -0.974. The maximum Gasteiger partial charge on any atom is 0.442 e. The average molecular weight is 1190 g/mol. The highest BCUT2D eigenvalue weighted by Crippen LogP contribution is 2.52. The zero-order chi connectivity index (χ0) is 59.1. The molecule has 4 aliphatic heterocycles. The van der Waals surface area contributed by atoms with Gasteiger partial charge in [0.15, 0.2) is 6.29 Å². The number of nitrogens with one attached hydrogen (secondary N) is 5. The van der Waals surface area contributed by atoms with E-state index in [0.29, 0.717) is 42.7 Å². The van der Waals surface area contributed by atoms with Crippen LogP contribution in [-0.2, 0) is 59.8 Å². The fourth-order valence-electron chi connectivity index (χ4n) is 10.5. The number of carbonyl (C=O) groups excluding carboxylic acids is 4. The largest absolute Gasteiger partial charge is 0.481 e. The number of aliphatic hydroxyl groups excluding tert-OH is 2. The molecular weight excluding hydrogens is 1130 g/mol. The highest BCUT2D eigenvalue weighted by atomic mass is 32.2. The molecule has 0 bridgehead atoms. The van der Waals surface area contributed by atoms with Gasteiger partial charge >= 0.3 is 36.2 Å². The van der Waals surface area contributed by atoms with Gasteiger partial charge < -0.3 is 51.4 Å². The van der Waals surface area contributed by atoms with E-state index in [4.69, 9.17) is 9.47 Å². The minimum Gasteiger partial charge on any atom is -0.481 e. The number of Topliss-reactive ketones (excluding diaryl/α,β-unsaturated/α-hetero) is 1. The van der Waals surface area contributed by atoms with Gasteiger partial charge in [0, 0.05) is 73.0 Å². The van der Waals surface area contributed by atoms with E-state index < -0.39 is 107 Å². The molecule has 2 unspecified atom stereocenters. The third kappa shape index (κ3) is 15.2. The van der Waals surface area contributed by atoms with Crippen molar-refractivity contribution in [3.63, 3.8) is 0 Å². The van der Waals surface area contributed by atoms with Crippen LogP contribution in [0.1, 0.15) is 85.6 Å². The maximum atomic E-state index is 14.6. The first-order valence-corrected chi connectivity index (χ1v) is 27.4. The molecule has 446 valence electrons. The lowest BCUT2D eigenvalue weighted by molar-refractivity contribution is -0.268. The molecule has 2 aromatic carbocycles. The molecule has 1 aromatic heterocycles. The number of hydrogen-bond acceptors (Lipinski definition) is 15. The first-order valence-electron chi connectivity index (χ1n) is 26.3. The van der Waals surface area contributed by atoms with E-state index in [1.807, 2.05) is 0 Å². The number of aliphatic carboxylic acids is 1. The summed E-state index contributed by atoms with van der Waals surface area (Å²) in [6.07, 6.45) is -13.3. The van der Waals surface area contributed by atoms with E-state index in [0.717, 1.165) is 29.5 Å². The number of amides is 4. The number of aromatic nitrogens is 3. The van der Waals surface area contributed by atoms with Gasteiger partial charge in [-0.15, -0.1) is 15.3 Å². The number of benzene rings is 2. The van der Waals surface area contributed by atoms with Crippen molar-refractivity contribution < 1.29 is 88.3 Å². The Labute approximate surface area is 466 Å². The minimum absolute atomic E-state index is 0.0296. The van der Waals surface area contributed by atoms with Crippen molar-refractivity contribution in [2.75, 3.05) is 25.4 Å². The van der Waals surface area contributed by atoms with Crippen LogP contribution in [0, 0.1) is 11.8 Å². The molecule has 4 fully saturated rings. The van der Waals surface area contributed by atoms with Gasteiger partial charge in [0.2, 0.25) is 11.8 Å². The fourth-order valence-corrected chi connectivity index (χ4v) is 12.0. The van der Waals surface area contributed by atoms with Crippen molar-refractivity contribution in [3.05, 3.63) is 88.6 Å². The molecule has 3 saturated heterocycles. The molecule has 1 saturated carbocycles. The van der Waals surface area contributed by atoms with E-state index >= 15 is 0 Å². The van der Waals surface area contributed by atoms with Crippen LogP contribution < -0.4 is 26.6 Å². The van der Waals surface area contributed by atoms with Gasteiger partial charge in [0.1, 0.15) is 29.8 Å². The first-order chi connectivity index (χ1) is 38.8. The quantitative estimate of drug-likeness (QED) is 0.0155. The zero-order valence-electron chi connectivity index (χ0n) is 43.5. The first kappa shape index (κ1) is 61.6. The van der Waals surface area contributed by atoms with E-state index in [2.05, 4.69) is 47.1 Å². The number of carboxylic acid groups (broad SMARTS) is 1. The standard InChI is InChI=1S/C52H59F9N10O10S/c53-50(54,55)33-20-29(21-34(51(56,57)58)32(33)14-16-41(74)63-18-17-62-40(73)8-4-3-7-39-43-36(26-82-39)65-48(79)66-43)35-24-71(70-67-35)25-38-45(77)46(78)44(64-23-27-9-12-30(13-10-27)49(68-69-49)52(59,60)61)47(81-38)80-19-5-1-2-6-31-28(22-42(75)76)11-15-37(31)72/h1-2,9-10,12-14,16,20-21,24,28,31,36,38-39,43-47,64,77-78H,3-8,11,15,17-19,22-23,25-26H2,(H,62,73)(H,63,74)(H,75,76)(H2,65,66,79)/b2-1-,16-14+/t28-,31+,36?,38-,39+,43?,44-,45-,46-,47-/m1/s1. The highest BCUT2D eigenvalue weighted by Gasteiger charge is 2.65. The molecule has 5 aliphatic rings. The topological polar surface area (TPSA) is 280 Å². The monoisotopic (exact) mass is 1190 g/mol. The van der Waals surface area contributed by atoms with Crippen molar-refractivity contribution in [1.82, 2.24) is 41.6 Å². The number of rotatable bonds is 25. The average Bonchev–Trinajstić information content (AvgIpc) is 3.86. The molecule has 0 radical (unpaired) electrons. The summed E-state index contributed by atoms with van der Waals surface area (Å²) < 4.78 is 142. The summed E-state index contributed by atoms with van der Waals surface area (Å²) >= 11 is 1.74. The summed E-state index contributed by atoms with van der Waals surface area (Å²) in [5.41, 5.74) is -8.56. The lowest BCUT2D eigenvalue weighted by Gasteiger charge is -2.43. The Morgan fingerprint density at radius 3 is 2.30 bits per heavy atom. The molecule has 8 rings (SSSR count). The van der Waals surface area contributed by atoms with Crippen molar-refractivity contribution in [2.45, 2.75) is 143 Å². The molecular formula is C52H59F9N10O10S. The number of alkyl halides is 9. The molecule has 1 aliphatic carbocycles. The smallest absolute Gasteiger partial charge is 0.442 e. The van der Waals surface area contributed by atoms with Gasteiger partial charge in [-0.1, -0.05) is 48.1 Å². The zero-order valence-corrected chi connectivity index (χ0v) is 44.3. The van der Waals surface area contributed by atoms with Gasteiger partial charge in [0.25, 0.3) is 0 Å². The number of carboxylic acids is 1. The Bertz CT molecular complexity index is 2850. The third-order valence-electron chi connectivity index (χ3n) is 14.8. The second-order valence-corrected chi connectivity index (χ2v) is 21.8. The predicted octanol–water partition coefficient (Wildman–Crippen LogP) is 6.16. The van der Waals surface area contributed by atoms with Crippen LogP contribution in [0.15, 0.2) is 71.1 Å². The number of fused-ring (bicyclic) bond motifs is 1. The number of nitrogens with zero attached hydrogens (tertiary/aromatic N) is 5. The molecule has 5 heterocycles. The Morgan fingerprint density at radius 2 is 1.63 bits per heavy atom. The van der Waals surface area contributed by atoms with Gasteiger partial charge in [-0.25, -0.2) is 9.48 Å². The molecule has 20 nitrogen and oxygen atoms in total. The number of ether oxygens (including phenoxy) is 2. The number of ketones is 1. The second-order valence-electron chi connectivity index (χ2n) is 20.5. The number of aliphatic hydroxyl groups is 2. The van der Waals surface area contributed by atoms with Crippen LogP contribution in [0.5, 0.6) is 0 Å². The third-order valence-corrected chi connectivity index (χ3v) is 16.3. The van der Waals surface area contributed by atoms with Gasteiger partial charge in [0.05, 0.1) is 48.6 Å². The number of allylic oxidation sites excluding steroid dienone is 1. The van der Waals surface area contributed by atoms with Crippen LogP contribution >= 0.6 is 11.8 Å². The molecule has 82 heavy (non-hydrogen) atoms. The number of hydrogen-bond donors (Lipinski definition) is 8. The fraction of sp³-hybridized carbons (Fsp3) is 0.558. The highest BCUT2D eigenvalue weighted by molar-refractivity contribution is 8.00. The van der Waals surface area contributed by atoms with Crippen LogP contribution in [0.4, 0.5) is 44.3 Å². The molecule has 4 amide bonds. The normalized spacial score (nSPS) is 26.1. The lowest BCUT2D eigenvalue weighted by Crippen LogP contribution is -2.63. The Balaban J connectivity index is 0.894. The van der Waals surface area contributed by atoms with Crippen LogP contribution in [0.2, 0.25) is 0 Å². The molecule has 30 heteroatoms. The number of unbranched alkanes of at least 4 members (excludes halogenated alkanes) is 1. The van der Waals surface area contributed by atoms with Gasteiger partial charge in [-0.05, 0) is 67.4 Å². The summed E-state index contributed by atoms with van der Waals surface area (Å²) in [6, 6.07) is 4.56. The number of thioether (sulfide) groups is 1. The number of halogens is 9. The van der Waals surface area contributed by atoms with E-state index in [1.54, 1.807) is 23.9 Å². The molecule has 3 aromatic rings. The second kappa shape index (κ2) is 26.0. The SMILES string of the molecule is O=C(O)C[C@H]1CCC(=O)[C@H]1C/C=C\CCO[C@@H]1O[C@H](Cn2cc(-c3cc(C(F)(F)F)c(/C=C/C(=O)NCCNC(=O)CCCC[C@@H]4SCC5NC(=O)NC54)c(C(F)(F)F)c3)nn2)[C@@H](O)[C@H](O)[C@H]1NCc1ccc(C2(C(F)(F)F)N=N2)cc1. The predicted molar refractivity (Wildman–Crippen MR) is 273 cm³/mol. The maximum absolute atomic E-state index is 14.6. The van der Waals surface area contributed by atoms with E-state index in [-0.39, 0.29) is 105 Å². The van der Waals surface area contributed by atoms with E-state index in [9.17, 15) is 78.8 Å². The van der Waals surface area contributed by atoms with Crippen LogP contribution in [0.3, 0.4) is 0 Å². The molecule has 8 N–H and O–H groups in total.